The zero-order valence-corrected chi connectivity index (χ0v) is 9.78. The number of benzene rings is 1. The van der Waals surface area contributed by atoms with Crippen molar-refractivity contribution in [3.8, 4) is 0 Å². The molecule has 0 saturated carbocycles. The molecule has 1 nitrogen and oxygen atoms in total. The third-order valence-corrected chi connectivity index (χ3v) is 2.66. The van der Waals surface area contributed by atoms with E-state index in [1.165, 1.54) is 0 Å². The molecule has 1 aromatic rings. The van der Waals surface area contributed by atoms with Crippen LogP contribution in [0.4, 0.5) is 13.2 Å². The van der Waals surface area contributed by atoms with E-state index in [0.29, 0.717) is 0 Å². The first-order chi connectivity index (χ1) is 6.86. The molecule has 1 N–H and O–H groups in total. The zero-order chi connectivity index (χ0) is 11.7. The molecule has 15 heavy (non-hydrogen) atoms. The summed E-state index contributed by atoms with van der Waals surface area (Å²) in [5, 5.41) is 9.57. The van der Waals surface area contributed by atoms with E-state index in [1.807, 2.05) is 0 Å². The number of halogens is 4. The van der Waals surface area contributed by atoms with Gasteiger partial charge in [0.15, 0.2) is 17.5 Å². The highest BCUT2D eigenvalue weighted by atomic mass is 79.9. The molecule has 1 unspecified atom stereocenters. The van der Waals surface area contributed by atoms with E-state index in [2.05, 4.69) is 15.9 Å². The molecule has 0 radical (unpaired) electrons. The highest BCUT2D eigenvalue weighted by Gasteiger charge is 2.23. The van der Waals surface area contributed by atoms with Gasteiger partial charge < -0.3 is 5.11 Å². The molecule has 0 fully saturated rings. The van der Waals surface area contributed by atoms with Crippen molar-refractivity contribution in [2.75, 3.05) is 0 Å². The van der Waals surface area contributed by atoms with Gasteiger partial charge in [-0.15, -0.1) is 0 Å². The number of rotatable bonds is 2. The normalized spacial score (nSPS) is 13.3. The van der Waals surface area contributed by atoms with Gasteiger partial charge in [-0.05, 0) is 27.9 Å². The van der Waals surface area contributed by atoms with Crippen LogP contribution < -0.4 is 0 Å². The molecule has 84 valence electrons. The molecule has 0 aliphatic rings. The first-order valence-electron chi connectivity index (χ1n) is 4.37. The predicted octanol–water partition coefficient (Wildman–Crippen LogP) is 3.56. The van der Waals surface area contributed by atoms with Gasteiger partial charge in [0.05, 0.1) is 10.6 Å². The van der Waals surface area contributed by atoms with Crippen LogP contribution in [0.5, 0.6) is 0 Å². The fourth-order valence-electron chi connectivity index (χ4n) is 1.17. The molecule has 1 rings (SSSR count). The van der Waals surface area contributed by atoms with Crippen molar-refractivity contribution in [1.82, 2.24) is 0 Å². The van der Waals surface area contributed by atoms with Crippen LogP contribution in [-0.4, -0.2) is 5.11 Å². The standard InChI is InChI=1S/C10H10BrF3O/c1-4(2)10(15)5-3-6(11)8(13)9(14)7(5)12/h3-4,10,15H,1-2H3. The van der Waals surface area contributed by atoms with Gasteiger partial charge >= 0.3 is 0 Å². The molecule has 0 spiro atoms. The number of aliphatic hydroxyl groups is 1. The smallest absolute Gasteiger partial charge is 0.195 e. The van der Waals surface area contributed by atoms with Gasteiger partial charge in [0.25, 0.3) is 0 Å². The maximum Gasteiger partial charge on any atom is 0.195 e. The van der Waals surface area contributed by atoms with E-state index in [1.54, 1.807) is 13.8 Å². The summed E-state index contributed by atoms with van der Waals surface area (Å²) in [7, 11) is 0. The molecule has 0 aliphatic heterocycles. The molecule has 0 saturated heterocycles. The Bertz CT molecular complexity index is 379. The molecule has 0 amide bonds. The molecule has 1 atom stereocenters. The minimum atomic E-state index is -1.57. The van der Waals surface area contributed by atoms with Crippen molar-refractivity contribution in [2.24, 2.45) is 5.92 Å². The first kappa shape index (κ1) is 12.5. The largest absolute Gasteiger partial charge is 0.388 e. The molecule has 1 aromatic carbocycles. The van der Waals surface area contributed by atoms with Crippen LogP contribution in [0.2, 0.25) is 0 Å². The van der Waals surface area contributed by atoms with E-state index in [4.69, 9.17) is 0 Å². The second-order valence-electron chi connectivity index (χ2n) is 3.58. The molecule has 0 aliphatic carbocycles. The molecule has 0 aromatic heterocycles. The van der Waals surface area contributed by atoms with Gasteiger partial charge in [0, 0.05) is 5.56 Å². The topological polar surface area (TPSA) is 20.2 Å². The van der Waals surface area contributed by atoms with Crippen molar-refractivity contribution in [3.63, 3.8) is 0 Å². The summed E-state index contributed by atoms with van der Waals surface area (Å²) in [6, 6.07) is 1.05. The predicted molar refractivity (Wildman–Crippen MR) is 53.8 cm³/mol. The Hall–Kier alpha value is -0.550. The van der Waals surface area contributed by atoms with Crippen molar-refractivity contribution < 1.29 is 18.3 Å². The molecule has 5 heteroatoms. The van der Waals surface area contributed by atoms with E-state index in [9.17, 15) is 18.3 Å². The zero-order valence-electron chi connectivity index (χ0n) is 8.19. The Morgan fingerprint density at radius 1 is 1.13 bits per heavy atom. The minimum Gasteiger partial charge on any atom is -0.388 e. The Kier molecular flexibility index (Phi) is 3.78. The van der Waals surface area contributed by atoms with Crippen LogP contribution in [-0.2, 0) is 0 Å². The fourth-order valence-corrected chi connectivity index (χ4v) is 1.59. The number of aliphatic hydroxyl groups excluding tert-OH is 1. The monoisotopic (exact) mass is 282 g/mol. The molecular formula is C10H10BrF3O. The molecular weight excluding hydrogens is 273 g/mol. The lowest BCUT2D eigenvalue weighted by Gasteiger charge is -2.16. The van der Waals surface area contributed by atoms with Crippen molar-refractivity contribution in [1.29, 1.82) is 0 Å². The SMILES string of the molecule is CC(C)C(O)c1cc(Br)c(F)c(F)c1F. The Morgan fingerprint density at radius 3 is 2.13 bits per heavy atom. The molecule has 0 bridgehead atoms. The Balaban J connectivity index is 3.32. The second-order valence-corrected chi connectivity index (χ2v) is 4.43. The first-order valence-corrected chi connectivity index (χ1v) is 5.16. The summed E-state index contributed by atoms with van der Waals surface area (Å²) >= 11 is 2.76. The molecule has 0 heterocycles. The van der Waals surface area contributed by atoms with E-state index < -0.39 is 23.6 Å². The quantitative estimate of drug-likeness (QED) is 0.650. The number of hydrogen-bond acceptors (Lipinski definition) is 1. The van der Waals surface area contributed by atoms with E-state index >= 15 is 0 Å². The van der Waals surface area contributed by atoms with Gasteiger partial charge in [-0.1, -0.05) is 13.8 Å². The maximum atomic E-state index is 13.3. The summed E-state index contributed by atoms with van der Waals surface area (Å²) < 4.78 is 38.9. The van der Waals surface area contributed by atoms with Crippen molar-refractivity contribution in [3.05, 3.63) is 33.6 Å². The highest BCUT2D eigenvalue weighted by Crippen LogP contribution is 2.30. The van der Waals surface area contributed by atoms with Gasteiger partial charge in [0.2, 0.25) is 0 Å². The van der Waals surface area contributed by atoms with Gasteiger partial charge in [-0.25, -0.2) is 13.2 Å². The van der Waals surface area contributed by atoms with Gasteiger partial charge in [0.1, 0.15) is 0 Å². The van der Waals surface area contributed by atoms with Gasteiger partial charge in [-0.3, -0.25) is 0 Å². The minimum absolute atomic E-state index is 0.198. The van der Waals surface area contributed by atoms with Crippen LogP contribution in [0, 0.1) is 23.4 Å². The van der Waals surface area contributed by atoms with Crippen molar-refractivity contribution >= 4 is 15.9 Å². The van der Waals surface area contributed by atoms with E-state index in [0.717, 1.165) is 6.07 Å². The fraction of sp³-hybridized carbons (Fsp3) is 0.400. The summed E-state index contributed by atoms with van der Waals surface area (Å²) in [5.74, 6) is -4.47. The van der Waals surface area contributed by atoms with E-state index in [-0.39, 0.29) is 16.0 Å². The third kappa shape index (κ3) is 2.34. The number of hydrogen-bond donors (Lipinski definition) is 1. The lowest BCUT2D eigenvalue weighted by molar-refractivity contribution is 0.121. The summed E-state index contributed by atoms with van der Waals surface area (Å²) in [4.78, 5) is 0. The van der Waals surface area contributed by atoms with Gasteiger partial charge in [-0.2, -0.15) is 0 Å². The van der Waals surface area contributed by atoms with Crippen molar-refractivity contribution in [2.45, 2.75) is 20.0 Å². The van der Waals surface area contributed by atoms with Crippen LogP contribution >= 0.6 is 15.9 Å². The third-order valence-electron chi connectivity index (χ3n) is 2.08. The lowest BCUT2D eigenvalue weighted by Crippen LogP contribution is -2.10. The second kappa shape index (κ2) is 4.53. The average Bonchev–Trinajstić information content (AvgIpc) is 2.19. The summed E-state index contributed by atoms with van der Waals surface area (Å²) in [6.07, 6.45) is -1.16. The maximum absolute atomic E-state index is 13.3. The summed E-state index contributed by atoms with van der Waals surface area (Å²) in [6.45, 7) is 3.30. The van der Waals surface area contributed by atoms with Crippen LogP contribution in [0.25, 0.3) is 0 Å². The highest BCUT2D eigenvalue weighted by molar-refractivity contribution is 9.10. The van der Waals surface area contributed by atoms with Crippen LogP contribution in [0.15, 0.2) is 10.5 Å². The lowest BCUT2D eigenvalue weighted by atomic mass is 9.98. The Labute approximate surface area is 94.0 Å². The Morgan fingerprint density at radius 2 is 1.67 bits per heavy atom. The van der Waals surface area contributed by atoms with Crippen LogP contribution in [0.3, 0.4) is 0 Å². The van der Waals surface area contributed by atoms with Crippen LogP contribution in [0.1, 0.15) is 25.5 Å². The average molecular weight is 283 g/mol. The summed E-state index contributed by atoms with van der Waals surface area (Å²) in [5.41, 5.74) is -0.240.